The van der Waals surface area contributed by atoms with Gasteiger partial charge in [0.05, 0.1) is 0 Å². The summed E-state index contributed by atoms with van der Waals surface area (Å²) < 4.78 is 18.0. The molecule has 110 valence electrons. The maximum Gasteiger partial charge on any atom is 0.307 e. The third kappa shape index (κ3) is 4.39. The first-order chi connectivity index (χ1) is 10.1. The zero-order chi connectivity index (χ0) is 15.2. The van der Waals surface area contributed by atoms with Gasteiger partial charge in [-0.15, -0.1) is 0 Å². The Morgan fingerprint density at radius 2 is 1.95 bits per heavy atom. The maximum atomic E-state index is 12.9. The molecule has 1 aromatic heterocycles. The van der Waals surface area contributed by atoms with E-state index in [1.54, 1.807) is 11.3 Å². The Bertz CT molecular complexity index is 610. The molecule has 4 nitrogen and oxygen atoms in total. The zero-order valence-electron chi connectivity index (χ0n) is 11.1. The number of rotatable bonds is 6. The monoisotopic (exact) mass is 307 g/mol. The lowest BCUT2D eigenvalue weighted by molar-refractivity contribution is -0.155. The number of ether oxygens (including phenoxy) is 1. The second kappa shape index (κ2) is 6.99. The highest BCUT2D eigenvalue weighted by Crippen LogP contribution is 2.19. The first-order valence-corrected chi connectivity index (χ1v) is 7.26. The second-order valence-electron chi connectivity index (χ2n) is 4.46. The summed E-state index contributed by atoms with van der Waals surface area (Å²) in [5.41, 5.74) is 6.63. The van der Waals surface area contributed by atoms with E-state index in [4.69, 9.17) is 10.5 Å². The molecule has 0 aliphatic heterocycles. The molecule has 2 rings (SSSR count). The molecule has 1 amide bonds. The van der Waals surface area contributed by atoms with Gasteiger partial charge in [-0.05, 0) is 40.9 Å². The zero-order valence-corrected chi connectivity index (χ0v) is 11.9. The molecule has 0 aliphatic carbocycles. The van der Waals surface area contributed by atoms with Crippen molar-refractivity contribution in [3.05, 3.63) is 58.0 Å². The van der Waals surface area contributed by atoms with Crippen molar-refractivity contribution < 1.29 is 18.7 Å². The van der Waals surface area contributed by atoms with Crippen molar-refractivity contribution in [2.24, 2.45) is 5.73 Å². The van der Waals surface area contributed by atoms with E-state index in [2.05, 4.69) is 0 Å². The molecule has 1 aromatic carbocycles. The van der Waals surface area contributed by atoms with Crippen LogP contribution >= 0.6 is 11.3 Å². The molecule has 0 saturated carbocycles. The predicted molar refractivity (Wildman–Crippen MR) is 77.1 cm³/mol. The molecule has 0 saturated heterocycles. The Morgan fingerprint density at radius 1 is 1.24 bits per heavy atom. The lowest BCUT2D eigenvalue weighted by atomic mass is 10.1. The van der Waals surface area contributed by atoms with Gasteiger partial charge in [0, 0.05) is 12.0 Å². The summed E-state index contributed by atoms with van der Waals surface area (Å²) in [7, 11) is 0. The summed E-state index contributed by atoms with van der Waals surface area (Å²) in [6.07, 6.45) is -0.501. The van der Waals surface area contributed by atoms with Crippen LogP contribution in [0.1, 0.15) is 23.7 Å². The van der Waals surface area contributed by atoms with E-state index in [0.29, 0.717) is 12.0 Å². The van der Waals surface area contributed by atoms with Crippen molar-refractivity contribution in [3.63, 3.8) is 0 Å². The third-order valence-corrected chi connectivity index (χ3v) is 3.61. The summed E-state index contributed by atoms with van der Waals surface area (Å²) >= 11 is 1.55. The Balaban J connectivity index is 1.97. The van der Waals surface area contributed by atoms with E-state index in [-0.39, 0.29) is 6.42 Å². The van der Waals surface area contributed by atoms with Crippen molar-refractivity contribution in [1.29, 1.82) is 0 Å². The molecular formula is C15H14FNO3S. The minimum absolute atomic E-state index is 0.154. The first-order valence-electron chi connectivity index (χ1n) is 6.31. The van der Waals surface area contributed by atoms with Gasteiger partial charge in [0.2, 0.25) is 6.10 Å². The van der Waals surface area contributed by atoms with Gasteiger partial charge >= 0.3 is 5.97 Å². The van der Waals surface area contributed by atoms with E-state index in [9.17, 15) is 14.0 Å². The molecule has 1 atom stereocenters. The standard InChI is InChI=1S/C15H14FNO3S/c16-12-4-2-11(3-5-12)14(15(17)19)20-13(18)6-1-10-7-8-21-9-10/h2-5,7-9,14H,1,6H2,(H2,17,19)/t14-/m1/s1. The van der Waals surface area contributed by atoms with Gasteiger partial charge in [-0.2, -0.15) is 11.3 Å². The van der Waals surface area contributed by atoms with Crippen LogP contribution in [-0.4, -0.2) is 11.9 Å². The van der Waals surface area contributed by atoms with E-state index in [1.165, 1.54) is 24.3 Å². The number of hydrogen-bond acceptors (Lipinski definition) is 4. The molecule has 0 unspecified atom stereocenters. The summed E-state index contributed by atoms with van der Waals surface area (Å²) in [5.74, 6) is -1.74. The quantitative estimate of drug-likeness (QED) is 0.834. The van der Waals surface area contributed by atoms with Crippen LogP contribution in [0.25, 0.3) is 0 Å². The van der Waals surface area contributed by atoms with Crippen LogP contribution < -0.4 is 5.73 Å². The lowest BCUT2D eigenvalue weighted by Crippen LogP contribution is -2.26. The van der Waals surface area contributed by atoms with Crippen molar-refractivity contribution in [2.45, 2.75) is 18.9 Å². The molecular weight excluding hydrogens is 293 g/mol. The van der Waals surface area contributed by atoms with Crippen LogP contribution in [0.5, 0.6) is 0 Å². The second-order valence-corrected chi connectivity index (χ2v) is 5.24. The fraction of sp³-hybridized carbons (Fsp3) is 0.200. The summed E-state index contributed by atoms with van der Waals surface area (Å²) in [6.45, 7) is 0. The van der Waals surface area contributed by atoms with Gasteiger partial charge in [-0.1, -0.05) is 12.1 Å². The molecule has 0 bridgehead atoms. The maximum absolute atomic E-state index is 12.9. The normalized spacial score (nSPS) is 11.9. The summed E-state index contributed by atoms with van der Waals surface area (Å²) in [6, 6.07) is 7.03. The topological polar surface area (TPSA) is 69.4 Å². The Hall–Kier alpha value is -2.21. The molecule has 0 spiro atoms. The minimum atomic E-state index is -1.19. The summed E-state index contributed by atoms with van der Waals surface area (Å²) in [4.78, 5) is 23.2. The predicted octanol–water partition coefficient (Wildman–Crippen LogP) is 2.59. The fourth-order valence-corrected chi connectivity index (χ4v) is 2.50. The number of halogens is 1. The number of benzene rings is 1. The Kier molecular flexibility index (Phi) is 5.05. The number of carbonyl (C=O) groups excluding carboxylic acids is 2. The highest BCUT2D eigenvalue weighted by Gasteiger charge is 2.22. The smallest absolute Gasteiger partial charge is 0.307 e. The molecule has 0 fully saturated rings. The molecule has 2 aromatic rings. The molecule has 1 heterocycles. The van der Waals surface area contributed by atoms with Gasteiger partial charge in [-0.3, -0.25) is 9.59 Å². The number of nitrogens with two attached hydrogens (primary N) is 1. The average Bonchev–Trinajstić information content (AvgIpc) is 2.97. The summed E-state index contributed by atoms with van der Waals surface area (Å²) in [5, 5.41) is 3.87. The van der Waals surface area contributed by atoms with Crippen LogP contribution in [0.2, 0.25) is 0 Å². The van der Waals surface area contributed by atoms with Gasteiger partial charge in [0.15, 0.2) is 0 Å². The van der Waals surface area contributed by atoms with E-state index < -0.39 is 23.8 Å². The van der Waals surface area contributed by atoms with Gasteiger partial charge in [-0.25, -0.2) is 4.39 Å². The molecule has 0 aliphatic rings. The minimum Gasteiger partial charge on any atom is -0.447 e. The molecule has 0 radical (unpaired) electrons. The Morgan fingerprint density at radius 3 is 2.52 bits per heavy atom. The number of amides is 1. The third-order valence-electron chi connectivity index (χ3n) is 2.88. The number of esters is 1. The number of hydrogen-bond donors (Lipinski definition) is 1. The van der Waals surface area contributed by atoms with E-state index >= 15 is 0 Å². The van der Waals surface area contributed by atoms with Crippen molar-refractivity contribution in [1.82, 2.24) is 0 Å². The largest absolute Gasteiger partial charge is 0.447 e. The van der Waals surface area contributed by atoms with Crippen LogP contribution in [0.3, 0.4) is 0 Å². The number of thiophene rings is 1. The molecule has 2 N–H and O–H groups in total. The number of carbonyl (C=O) groups is 2. The van der Waals surface area contributed by atoms with Gasteiger partial charge in [0.25, 0.3) is 5.91 Å². The van der Waals surface area contributed by atoms with Crippen LogP contribution in [0, 0.1) is 5.82 Å². The van der Waals surface area contributed by atoms with Gasteiger partial charge < -0.3 is 10.5 Å². The van der Waals surface area contributed by atoms with Gasteiger partial charge in [0.1, 0.15) is 5.82 Å². The van der Waals surface area contributed by atoms with E-state index in [1.807, 2.05) is 16.8 Å². The van der Waals surface area contributed by atoms with E-state index in [0.717, 1.165) is 5.56 Å². The highest BCUT2D eigenvalue weighted by atomic mass is 32.1. The number of primary amides is 1. The van der Waals surface area contributed by atoms with Crippen LogP contribution in [0.4, 0.5) is 4.39 Å². The average molecular weight is 307 g/mol. The molecule has 21 heavy (non-hydrogen) atoms. The molecule has 6 heteroatoms. The fourth-order valence-electron chi connectivity index (χ4n) is 1.80. The Labute approximate surface area is 125 Å². The lowest BCUT2D eigenvalue weighted by Gasteiger charge is -2.15. The number of aryl methyl sites for hydroxylation is 1. The van der Waals surface area contributed by atoms with Crippen molar-refractivity contribution >= 4 is 23.2 Å². The van der Waals surface area contributed by atoms with Crippen molar-refractivity contribution in [3.8, 4) is 0 Å². The van der Waals surface area contributed by atoms with Crippen molar-refractivity contribution in [2.75, 3.05) is 0 Å². The van der Waals surface area contributed by atoms with Crippen LogP contribution in [-0.2, 0) is 20.7 Å². The first kappa shape index (κ1) is 15.2. The SMILES string of the molecule is NC(=O)[C@H](OC(=O)CCc1ccsc1)c1ccc(F)cc1. The van der Waals surface area contributed by atoms with Crippen LogP contribution in [0.15, 0.2) is 41.1 Å². The highest BCUT2D eigenvalue weighted by molar-refractivity contribution is 7.07.